The summed E-state index contributed by atoms with van der Waals surface area (Å²) in [5.41, 5.74) is -1.16. The third kappa shape index (κ3) is 3.09. The molecule has 3 nitrogen and oxygen atoms in total. The summed E-state index contributed by atoms with van der Waals surface area (Å²) in [5.74, 6) is -0.558. The van der Waals surface area contributed by atoms with Gasteiger partial charge in [0.15, 0.2) is 0 Å². The largest absolute Gasteiger partial charge is 0.381 e. The van der Waals surface area contributed by atoms with Gasteiger partial charge in [-0.25, -0.2) is 0 Å². The molecule has 0 aliphatic rings. The first kappa shape index (κ1) is 12.3. The van der Waals surface area contributed by atoms with Crippen molar-refractivity contribution in [3.8, 4) is 0 Å². The number of aliphatic hydroxyl groups is 1. The summed E-state index contributed by atoms with van der Waals surface area (Å²) < 4.78 is 0. The molecule has 1 aromatic rings. The first-order chi connectivity index (χ1) is 6.82. The highest BCUT2D eigenvalue weighted by atomic mass is 35.5. The number of carbonyl (C=O) groups excluding carboxylic acids is 1. The van der Waals surface area contributed by atoms with E-state index in [1.807, 2.05) is 0 Å². The lowest BCUT2D eigenvalue weighted by Crippen LogP contribution is -2.36. The van der Waals surface area contributed by atoms with Crippen LogP contribution in [-0.4, -0.2) is 16.6 Å². The van der Waals surface area contributed by atoms with E-state index in [2.05, 4.69) is 5.32 Å². The Hall–Kier alpha value is -0.770. The Labute approximate surface area is 98.0 Å². The molecule has 0 bridgehead atoms. The summed E-state index contributed by atoms with van der Waals surface area (Å²) in [6.07, 6.45) is 0. The normalized spacial score (nSPS) is 11.3. The third-order valence-corrected chi connectivity index (χ3v) is 2.39. The summed E-state index contributed by atoms with van der Waals surface area (Å²) in [7, 11) is 0. The van der Waals surface area contributed by atoms with Crippen molar-refractivity contribution in [2.24, 2.45) is 0 Å². The van der Waals surface area contributed by atoms with E-state index < -0.39 is 11.5 Å². The van der Waals surface area contributed by atoms with E-state index in [-0.39, 0.29) is 0 Å². The summed E-state index contributed by atoms with van der Waals surface area (Å²) in [4.78, 5) is 11.5. The molecule has 0 atom stereocenters. The van der Waals surface area contributed by atoms with Crippen LogP contribution in [-0.2, 0) is 4.79 Å². The molecule has 1 amide bonds. The van der Waals surface area contributed by atoms with Crippen molar-refractivity contribution < 1.29 is 9.90 Å². The van der Waals surface area contributed by atoms with E-state index in [9.17, 15) is 9.90 Å². The molecule has 0 radical (unpaired) electrons. The van der Waals surface area contributed by atoms with E-state index in [1.54, 1.807) is 18.2 Å². The Bertz CT molecular complexity index is 365. The SMILES string of the molecule is CC(C)(O)C(=O)Nc1c(Cl)cccc1Cl. The number of amides is 1. The van der Waals surface area contributed by atoms with Crippen LogP contribution in [0.1, 0.15) is 13.8 Å². The van der Waals surface area contributed by atoms with E-state index in [4.69, 9.17) is 23.2 Å². The van der Waals surface area contributed by atoms with Crippen LogP contribution in [0.3, 0.4) is 0 Å². The average Bonchev–Trinajstić information content (AvgIpc) is 2.09. The van der Waals surface area contributed by atoms with Crippen molar-refractivity contribution in [1.29, 1.82) is 0 Å². The quantitative estimate of drug-likeness (QED) is 0.845. The lowest BCUT2D eigenvalue weighted by molar-refractivity contribution is -0.130. The number of halogens is 2. The van der Waals surface area contributed by atoms with Gasteiger partial charge in [-0.05, 0) is 26.0 Å². The molecular weight excluding hydrogens is 237 g/mol. The van der Waals surface area contributed by atoms with E-state index in [0.29, 0.717) is 15.7 Å². The third-order valence-electron chi connectivity index (χ3n) is 1.76. The Morgan fingerprint density at radius 2 is 1.80 bits per heavy atom. The summed E-state index contributed by atoms with van der Waals surface area (Å²) in [5, 5.41) is 12.6. The van der Waals surface area contributed by atoms with Crippen molar-refractivity contribution in [2.75, 3.05) is 5.32 Å². The van der Waals surface area contributed by atoms with Gasteiger partial charge in [0.2, 0.25) is 0 Å². The molecule has 0 fully saturated rings. The van der Waals surface area contributed by atoms with E-state index >= 15 is 0 Å². The monoisotopic (exact) mass is 247 g/mol. The van der Waals surface area contributed by atoms with Gasteiger partial charge in [0.25, 0.3) is 5.91 Å². The predicted molar refractivity (Wildman–Crippen MR) is 61.4 cm³/mol. The van der Waals surface area contributed by atoms with Crippen LogP contribution in [0.15, 0.2) is 18.2 Å². The zero-order chi connectivity index (χ0) is 11.6. The number of anilines is 1. The molecule has 0 aliphatic heterocycles. The minimum Gasteiger partial charge on any atom is -0.381 e. The topological polar surface area (TPSA) is 49.3 Å². The van der Waals surface area contributed by atoms with Gasteiger partial charge < -0.3 is 10.4 Å². The van der Waals surface area contributed by atoms with Gasteiger partial charge in [0.05, 0.1) is 15.7 Å². The Morgan fingerprint density at radius 3 is 2.20 bits per heavy atom. The zero-order valence-electron chi connectivity index (χ0n) is 8.34. The molecule has 5 heteroatoms. The summed E-state index contributed by atoms with van der Waals surface area (Å²) >= 11 is 11.7. The smallest absolute Gasteiger partial charge is 0.255 e. The second kappa shape index (κ2) is 4.39. The first-order valence-corrected chi connectivity index (χ1v) is 5.06. The second-order valence-corrected chi connectivity index (χ2v) is 4.42. The molecule has 0 saturated carbocycles. The molecule has 0 saturated heterocycles. The molecule has 0 aromatic heterocycles. The van der Waals surface area contributed by atoms with Gasteiger partial charge in [0.1, 0.15) is 5.60 Å². The maximum atomic E-state index is 11.5. The van der Waals surface area contributed by atoms with Crippen molar-refractivity contribution in [3.63, 3.8) is 0 Å². The number of para-hydroxylation sites is 1. The molecule has 2 N–H and O–H groups in total. The number of carbonyl (C=O) groups is 1. The van der Waals surface area contributed by atoms with Crippen molar-refractivity contribution in [2.45, 2.75) is 19.4 Å². The van der Waals surface area contributed by atoms with Crippen LogP contribution in [0.2, 0.25) is 10.0 Å². The van der Waals surface area contributed by atoms with Gasteiger partial charge in [0, 0.05) is 0 Å². The van der Waals surface area contributed by atoms with Crippen LogP contribution in [0.5, 0.6) is 0 Å². The lowest BCUT2D eigenvalue weighted by atomic mass is 10.1. The van der Waals surface area contributed by atoms with Crippen LogP contribution < -0.4 is 5.32 Å². The molecule has 0 heterocycles. The lowest BCUT2D eigenvalue weighted by Gasteiger charge is -2.17. The molecule has 0 unspecified atom stereocenters. The fourth-order valence-corrected chi connectivity index (χ4v) is 1.38. The molecule has 1 rings (SSSR count). The first-order valence-electron chi connectivity index (χ1n) is 4.30. The highest BCUT2D eigenvalue weighted by Gasteiger charge is 2.24. The molecule has 15 heavy (non-hydrogen) atoms. The van der Waals surface area contributed by atoms with E-state index in [0.717, 1.165) is 0 Å². The molecule has 82 valence electrons. The second-order valence-electron chi connectivity index (χ2n) is 3.61. The van der Waals surface area contributed by atoms with Crippen molar-refractivity contribution in [1.82, 2.24) is 0 Å². The maximum absolute atomic E-state index is 11.5. The number of rotatable bonds is 2. The number of nitrogens with one attached hydrogen (secondary N) is 1. The highest BCUT2D eigenvalue weighted by molar-refractivity contribution is 6.39. The van der Waals surface area contributed by atoms with E-state index in [1.165, 1.54) is 13.8 Å². The van der Waals surface area contributed by atoms with Crippen molar-refractivity contribution in [3.05, 3.63) is 28.2 Å². The Balaban J connectivity index is 2.95. The number of hydrogen-bond donors (Lipinski definition) is 2. The number of hydrogen-bond acceptors (Lipinski definition) is 2. The summed E-state index contributed by atoms with van der Waals surface area (Å²) in [6.45, 7) is 2.76. The van der Waals surface area contributed by atoms with Crippen LogP contribution in [0.4, 0.5) is 5.69 Å². The maximum Gasteiger partial charge on any atom is 0.255 e. The van der Waals surface area contributed by atoms with Gasteiger partial charge in [-0.1, -0.05) is 29.3 Å². The minimum absolute atomic E-state index is 0.313. The molecule has 0 aliphatic carbocycles. The molecule has 0 spiro atoms. The standard InChI is InChI=1S/C10H11Cl2NO2/c1-10(2,15)9(14)13-8-6(11)4-3-5-7(8)12/h3-5,15H,1-2H3,(H,13,14). The van der Waals surface area contributed by atoms with Gasteiger partial charge in [-0.15, -0.1) is 0 Å². The van der Waals surface area contributed by atoms with Crippen LogP contribution in [0.25, 0.3) is 0 Å². The summed E-state index contributed by atoms with van der Waals surface area (Å²) in [6, 6.07) is 4.88. The Kier molecular flexibility index (Phi) is 3.60. The van der Waals surface area contributed by atoms with Gasteiger partial charge in [-0.2, -0.15) is 0 Å². The number of benzene rings is 1. The van der Waals surface area contributed by atoms with Crippen LogP contribution >= 0.6 is 23.2 Å². The van der Waals surface area contributed by atoms with Gasteiger partial charge in [-0.3, -0.25) is 4.79 Å². The predicted octanol–water partition coefficient (Wildman–Crippen LogP) is 2.70. The van der Waals surface area contributed by atoms with Gasteiger partial charge >= 0.3 is 0 Å². The molecule has 1 aromatic carbocycles. The fraction of sp³-hybridized carbons (Fsp3) is 0.300. The minimum atomic E-state index is -1.47. The van der Waals surface area contributed by atoms with Crippen molar-refractivity contribution >= 4 is 34.8 Å². The average molecular weight is 248 g/mol. The zero-order valence-corrected chi connectivity index (χ0v) is 9.86. The molecular formula is C10H11Cl2NO2. The Morgan fingerprint density at radius 1 is 1.33 bits per heavy atom. The highest BCUT2D eigenvalue weighted by Crippen LogP contribution is 2.30. The fourth-order valence-electron chi connectivity index (χ4n) is 0.884. The van der Waals surface area contributed by atoms with Crippen LogP contribution in [0, 0.1) is 0 Å².